The fraction of sp³-hybridized carbons (Fsp3) is 0.286. The van der Waals surface area contributed by atoms with Crippen LogP contribution in [0.3, 0.4) is 0 Å². The van der Waals surface area contributed by atoms with Crippen molar-refractivity contribution in [3.05, 3.63) is 79.0 Å². The van der Waals surface area contributed by atoms with Crippen LogP contribution < -0.4 is 5.01 Å². The molecule has 7 rings (SSSR count). The van der Waals surface area contributed by atoms with Gasteiger partial charge in [0, 0.05) is 12.1 Å². The van der Waals surface area contributed by atoms with Gasteiger partial charge in [0.05, 0.1) is 47.2 Å². The molecule has 1 atom stereocenters. The molecule has 3 aromatic rings. The smallest absolute Gasteiger partial charge is 0.225 e. The first-order chi connectivity index (χ1) is 17.3. The summed E-state index contributed by atoms with van der Waals surface area (Å²) in [5, 5.41) is 2.56. The van der Waals surface area contributed by atoms with Gasteiger partial charge in [0.25, 0.3) is 0 Å². The van der Waals surface area contributed by atoms with Gasteiger partial charge < -0.3 is 4.90 Å². The first-order valence-corrected chi connectivity index (χ1v) is 12.5. The molecule has 0 bridgehead atoms. The average Bonchev–Trinajstić information content (AvgIpc) is 3.29. The molecule has 2 aromatic carbocycles. The van der Waals surface area contributed by atoms with Gasteiger partial charge in [-0.25, -0.2) is 15.0 Å². The summed E-state index contributed by atoms with van der Waals surface area (Å²) in [6.07, 6.45) is 16.7. The first-order valence-electron chi connectivity index (χ1n) is 12.5. The Bertz CT molecular complexity index is 1400. The first kappa shape index (κ1) is 20.7. The topological polar surface area (TPSA) is 57.0 Å². The van der Waals surface area contributed by atoms with Crippen molar-refractivity contribution >= 4 is 29.3 Å². The normalized spacial score (nSPS) is 24.1. The van der Waals surface area contributed by atoms with E-state index in [0.717, 1.165) is 53.1 Å². The van der Waals surface area contributed by atoms with E-state index in [-0.39, 0.29) is 5.54 Å². The van der Waals surface area contributed by atoms with E-state index < -0.39 is 0 Å². The van der Waals surface area contributed by atoms with Gasteiger partial charge in [-0.3, -0.25) is 9.98 Å². The number of quaternary nitrogens is 1. The summed E-state index contributed by atoms with van der Waals surface area (Å²) in [5.41, 5.74) is 5.99. The molecule has 35 heavy (non-hydrogen) atoms. The molecule has 1 aliphatic carbocycles. The third kappa shape index (κ3) is 3.26. The summed E-state index contributed by atoms with van der Waals surface area (Å²) in [5.74, 6) is 0. The van der Waals surface area contributed by atoms with E-state index in [1.807, 2.05) is 49.3 Å². The Kier molecular flexibility index (Phi) is 4.69. The number of anilines is 1. The lowest BCUT2D eigenvalue weighted by Crippen LogP contribution is -2.71. The fourth-order valence-corrected chi connectivity index (χ4v) is 5.79. The van der Waals surface area contributed by atoms with E-state index in [9.17, 15) is 0 Å². The second kappa shape index (κ2) is 7.93. The molecule has 0 amide bonds. The number of fused-ring (bicyclic) bond motifs is 2. The molecular weight excluding hydrogens is 434 g/mol. The Morgan fingerprint density at radius 3 is 2.63 bits per heavy atom. The largest absolute Gasteiger partial charge is 0.301 e. The molecule has 1 aromatic heterocycles. The molecule has 0 spiro atoms. The van der Waals surface area contributed by atoms with E-state index >= 15 is 0 Å². The minimum atomic E-state index is 0.0174. The molecule has 2 fully saturated rings. The van der Waals surface area contributed by atoms with Crippen molar-refractivity contribution in [1.82, 2.24) is 14.9 Å². The van der Waals surface area contributed by atoms with Crippen molar-refractivity contribution in [1.29, 1.82) is 0 Å². The predicted octanol–water partition coefficient (Wildman–Crippen LogP) is 4.90. The molecule has 1 saturated carbocycles. The number of benzene rings is 2. The van der Waals surface area contributed by atoms with Crippen molar-refractivity contribution in [2.75, 3.05) is 24.6 Å². The van der Waals surface area contributed by atoms with Crippen molar-refractivity contribution in [2.24, 2.45) is 9.98 Å². The van der Waals surface area contributed by atoms with Crippen LogP contribution in [0.25, 0.3) is 22.3 Å². The van der Waals surface area contributed by atoms with E-state index in [1.165, 1.54) is 25.9 Å². The maximum Gasteiger partial charge on any atom is 0.225 e. The second-order valence-electron chi connectivity index (χ2n) is 9.95. The minimum absolute atomic E-state index is 0.0174. The SMILES string of the molecule is C1=C[N+]2(N(c3ccc4ncc(-c5ccccc5)nc4c3)C3(CN4CCC4)CCC3)C=NC=C2C=N1. The van der Waals surface area contributed by atoms with E-state index in [4.69, 9.17) is 9.97 Å². The Balaban J connectivity index is 1.38. The highest BCUT2D eigenvalue weighted by Gasteiger charge is 2.56. The lowest BCUT2D eigenvalue weighted by Gasteiger charge is -2.57. The van der Waals surface area contributed by atoms with E-state index in [2.05, 4.69) is 56.4 Å². The van der Waals surface area contributed by atoms with Gasteiger partial charge >= 0.3 is 0 Å². The monoisotopic (exact) mass is 462 g/mol. The van der Waals surface area contributed by atoms with Crippen molar-refractivity contribution in [3.8, 4) is 11.3 Å². The molecular formula is C28H28N7+. The van der Waals surface area contributed by atoms with E-state index in [1.54, 1.807) is 0 Å². The van der Waals surface area contributed by atoms with Gasteiger partial charge in [-0.15, -0.1) is 4.59 Å². The molecule has 1 saturated heterocycles. The van der Waals surface area contributed by atoms with Crippen LogP contribution in [0.2, 0.25) is 0 Å². The number of allylic oxidation sites excluding steroid dienone is 1. The Morgan fingerprint density at radius 1 is 0.971 bits per heavy atom. The highest BCUT2D eigenvalue weighted by Crippen LogP contribution is 2.47. The number of aromatic nitrogens is 2. The Morgan fingerprint density at radius 2 is 1.86 bits per heavy atom. The lowest BCUT2D eigenvalue weighted by atomic mass is 9.74. The standard InChI is InChI=1S/C28H28N7/c1-2-6-22(7-3-1)27-19-31-25-9-8-23(16-26(25)32-27)34(28(10-4-11-28)20-33-13-5-14-33)35-15-12-29-17-24(35)18-30-21-35/h1-3,6-9,12,15-19,21H,4-5,10-11,13-14,20H2/q+1. The van der Waals surface area contributed by atoms with Crippen LogP contribution in [0.15, 0.2) is 89.0 Å². The maximum atomic E-state index is 5.03. The van der Waals surface area contributed by atoms with Gasteiger partial charge in [0.2, 0.25) is 12.0 Å². The molecule has 7 heteroatoms. The van der Waals surface area contributed by atoms with E-state index in [0.29, 0.717) is 4.59 Å². The highest BCUT2D eigenvalue weighted by molar-refractivity contribution is 5.84. The Labute approximate surface area is 205 Å². The maximum absolute atomic E-state index is 5.03. The zero-order valence-electron chi connectivity index (χ0n) is 19.7. The van der Waals surface area contributed by atoms with Gasteiger partial charge in [-0.05, 0) is 57.0 Å². The van der Waals surface area contributed by atoms with Gasteiger partial charge in [-0.2, -0.15) is 0 Å². The summed E-state index contributed by atoms with van der Waals surface area (Å²) in [6, 6.07) is 16.8. The number of hydrogen-bond donors (Lipinski definition) is 0. The molecule has 4 aliphatic rings. The number of rotatable bonds is 6. The molecule has 174 valence electrons. The van der Waals surface area contributed by atoms with Crippen LogP contribution in [-0.4, -0.2) is 57.2 Å². The lowest BCUT2D eigenvalue weighted by molar-refractivity contribution is -0.751. The van der Waals surface area contributed by atoms with Crippen molar-refractivity contribution in [2.45, 2.75) is 31.2 Å². The third-order valence-corrected chi connectivity index (χ3v) is 7.82. The summed E-state index contributed by atoms with van der Waals surface area (Å²) in [7, 11) is 0. The molecule has 7 nitrogen and oxygen atoms in total. The van der Waals surface area contributed by atoms with Crippen LogP contribution in [0.5, 0.6) is 0 Å². The predicted molar refractivity (Wildman–Crippen MR) is 140 cm³/mol. The highest BCUT2D eigenvalue weighted by atomic mass is 15.8. The van der Waals surface area contributed by atoms with Gasteiger partial charge in [-0.1, -0.05) is 30.3 Å². The second-order valence-corrected chi connectivity index (χ2v) is 9.95. The number of aliphatic imine (C=N–C) groups is 2. The molecule has 1 unspecified atom stereocenters. The Hall–Kier alpha value is -3.68. The summed E-state index contributed by atoms with van der Waals surface area (Å²) in [6.45, 7) is 3.44. The quantitative estimate of drug-likeness (QED) is 0.489. The van der Waals surface area contributed by atoms with Crippen molar-refractivity contribution in [3.63, 3.8) is 0 Å². The minimum Gasteiger partial charge on any atom is -0.301 e. The number of hydrogen-bond acceptors (Lipinski definition) is 6. The van der Waals surface area contributed by atoms with Crippen molar-refractivity contribution < 1.29 is 4.59 Å². The zero-order valence-corrected chi connectivity index (χ0v) is 19.7. The summed E-state index contributed by atoms with van der Waals surface area (Å²) in [4.78, 5) is 21.4. The van der Waals surface area contributed by atoms with Crippen LogP contribution in [0.4, 0.5) is 5.69 Å². The molecule has 4 heterocycles. The molecule has 0 radical (unpaired) electrons. The fourth-order valence-electron chi connectivity index (χ4n) is 5.79. The number of likely N-dealkylation sites (tertiary alicyclic amines) is 1. The van der Waals surface area contributed by atoms with Crippen LogP contribution >= 0.6 is 0 Å². The number of nitrogens with zero attached hydrogens (tertiary/aromatic N) is 7. The molecule has 0 N–H and O–H groups in total. The van der Waals surface area contributed by atoms with Gasteiger partial charge in [0.15, 0.2) is 6.20 Å². The summed E-state index contributed by atoms with van der Waals surface area (Å²) >= 11 is 0. The summed E-state index contributed by atoms with van der Waals surface area (Å²) < 4.78 is 0.439. The van der Waals surface area contributed by atoms with Crippen LogP contribution in [0, 0.1) is 0 Å². The van der Waals surface area contributed by atoms with Crippen LogP contribution in [-0.2, 0) is 0 Å². The molecule has 3 aliphatic heterocycles. The van der Waals surface area contributed by atoms with Gasteiger partial charge in [0.1, 0.15) is 5.54 Å². The van der Waals surface area contributed by atoms with Crippen LogP contribution in [0.1, 0.15) is 25.7 Å². The average molecular weight is 463 g/mol. The third-order valence-electron chi connectivity index (χ3n) is 7.82. The zero-order chi connectivity index (χ0) is 23.3.